The molecule has 0 aliphatic rings. The van der Waals surface area contributed by atoms with E-state index in [0.717, 1.165) is 4.90 Å². The minimum absolute atomic E-state index is 0.296. The molecule has 98 valence electrons. The Morgan fingerprint density at radius 1 is 1.21 bits per heavy atom. The lowest BCUT2D eigenvalue weighted by molar-refractivity contribution is 0.0597. The van der Waals surface area contributed by atoms with Crippen LogP contribution in [0.2, 0.25) is 0 Å². The fourth-order valence-corrected chi connectivity index (χ4v) is 2.45. The first-order valence-electron chi connectivity index (χ1n) is 5.51. The molecule has 2 N–H and O–H groups in total. The van der Waals surface area contributed by atoms with E-state index in [1.165, 1.54) is 31.0 Å². The van der Waals surface area contributed by atoms with Crippen LogP contribution in [0.4, 0.5) is 10.1 Å². The van der Waals surface area contributed by atoms with Gasteiger partial charge < -0.3 is 10.5 Å². The van der Waals surface area contributed by atoms with Gasteiger partial charge in [-0.05, 0) is 42.5 Å². The van der Waals surface area contributed by atoms with Gasteiger partial charge in [0.05, 0.1) is 12.7 Å². The smallest absolute Gasteiger partial charge is 0.339 e. The van der Waals surface area contributed by atoms with Crippen LogP contribution in [0, 0.1) is 5.82 Å². The van der Waals surface area contributed by atoms with Gasteiger partial charge in [-0.1, -0.05) is 11.8 Å². The number of nitrogens with two attached hydrogens (primary N) is 1. The molecule has 0 spiro atoms. The van der Waals surface area contributed by atoms with E-state index in [1.54, 1.807) is 30.3 Å². The summed E-state index contributed by atoms with van der Waals surface area (Å²) < 4.78 is 17.6. The van der Waals surface area contributed by atoms with Crippen molar-refractivity contribution >= 4 is 23.4 Å². The number of nitrogen functional groups attached to an aromatic ring is 1. The Labute approximate surface area is 114 Å². The van der Waals surface area contributed by atoms with Gasteiger partial charge in [0.15, 0.2) is 0 Å². The van der Waals surface area contributed by atoms with Crippen molar-refractivity contribution in [3.63, 3.8) is 0 Å². The Kier molecular flexibility index (Phi) is 4.06. The second kappa shape index (κ2) is 5.75. The largest absolute Gasteiger partial charge is 0.465 e. The van der Waals surface area contributed by atoms with Gasteiger partial charge >= 0.3 is 5.97 Å². The predicted octanol–water partition coefficient (Wildman–Crippen LogP) is 3.35. The van der Waals surface area contributed by atoms with Gasteiger partial charge in [0.2, 0.25) is 0 Å². The summed E-state index contributed by atoms with van der Waals surface area (Å²) in [6.45, 7) is 0. The van der Waals surface area contributed by atoms with Crippen molar-refractivity contribution in [1.82, 2.24) is 0 Å². The van der Waals surface area contributed by atoms with E-state index < -0.39 is 5.97 Å². The SMILES string of the molecule is COC(=O)c1cc(N)ccc1Sc1ccc(F)cc1. The fourth-order valence-electron chi connectivity index (χ4n) is 1.54. The van der Waals surface area contributed by atoms with Crippen LogP contribution in [0.15, 0.2) is 52.3 Å². The van der Waals surface area contributed by atoms with Crippen LogP contribution in [0.3, 0.4) is 0 Å². The number of ether oxygens (including phenoxy) is 1. The summed E-state index contributed by atoms with van der Waals surface area (Å²) in [6.07, 6.45) is 0. The standard InChI is InChI=1S/C14H12FNO2S/c1-18-14(17)12-8-10(16)4-7-13(12)19-11-5-2-9(15)3-6-11/h2-8H,16H2,1H3. The van der Waals surface area contributed by atoms with E-state index in [4.69, 9.17) is 10.5 Å². The number of esters is 1. The maximum atomic E-state index is 12.8. The molecular weight excluding hydrogens is 265 g/mol. The molecule has 0 amide bonds. The van der Waals surface area contributed by atoms with Crippen molar-refractivity contribution in [1.29, 1.82) is 0 Å². The zero-order valence-corrected chi connectivity index (χ0v) is 11.0. The molecule has 0 saturated heterocycles. The highest BCUT2D eigenvalue weighted by molar-refractivity contribution is 7.99. The van der Waals surface area contributed by atoms with Gasteiger partial charge in [0.1, 0.15) is 5.82 Å². The molecule has 0 unspecified atom stereocenters. The molecule has 0 aromatic heterocycles. The van der Waals surface area contributed by atoms with Crippen LogP contribution in [0.5, 0.6) is 0 Å². The molecule has 2 aromatic carbocycles. The second-order valence-electron chi connectivity index (χ2n) is 3.80. The monoisotopic (exact) mass is 277 g/mol. The maximum Gasteiger partial charge on any atom is 0.339 e. The summed E-state index contributed by atoms with van der Waals surface area (Å²) in [5.41, 5.74) is 6.56. The third-order valence-electron chi connectivity index (χ3n) is 2.45. The number of carbonyl (C=O) groups is 1. The third kappa shape index (κ3) is 3.26. The molecule has 2 rings (SSSR count). The predicted molar refractivity (Wildman–Crippen MR) is 72.7 cm³/mol. The molecular formula is C14H12FNO2S. The van der Waals surface area contributed by atoms with E-state index >= 15 is 0 Å². The summed E-state index contributed by atoms with van der Waals surface area (Å²) in [5, 5.41) is 0. The highest BCUT2D eigenvalue weighted by atomic mass is 32.2. The van der Waals surface area contributed by atoms with Crippen LogP contribution >= 0.6 is 11.8 Å². The van der Waals surface area contributed by atoms with Crippen LogP contribution in [-0.4, -0.2) is 13.1 Å². The molecule has 0 atom stereocenters. The molecule has 2 aromatic rings. The number of hydrogen-bond acceptors (Lipinski definition) is 4. The van der Waals surface area contributed by atoms with E-state index in [9.17, 15) is 9.18 Å². The molecule has 0 aliphatic heterocycles. The summed E-state index contributed by atoms with van der Waals surface area (Å²) in [7, 11) is 1.32. The second-order valence-corrected chi connectivity index (χ2v) is 4.92. The number of anilines is 1. The number of benzene rings is 2. The average molecular weight is 277 g/mol. The van der Waals surface area contributed by atoms with E-state index in [1.807, 2.05) is 0 Å². The highest BCUT2D eigenvalue weighted by Gasteiger charge is 2.13. The summed E-state index contributed by atoms with van der Waals surface area (Å²) in [4.78, 5) is 13.2. The Morgan fingerprint density at radius 2 is 1.89 bits per heavy atom. The Bertz CT molecular complexity index is 599. The van der Waals surface area contributed by atoms with Gasteiger partial charge in [-0.15, -0.1) is 0 Å². The minimum Gasteiger partial charge on any atom is -0.465 e. The molecule has 5 heteroatoms. The molecule has 3 nitrogen and oxygen atoms in total. The van der Waals surface area contributed by atoms with Gasteiger partial charge in [-0.3, -0.25) is 0 Å². The van der Waals surface area contributed by atoms with Crippen molar-refractivity contribution in [3.05, 3.63) is 53.8 Å². The van der Waals surface area contributed by atoms with Crippen molar-refractivity contribution in [2.45, 2.75) is 9.79 Å². The van der Waals surface area contributed by atoms with Crippen LogP contribution in [0.1, 0.15) is 10.4 Å². The van der Waals surface area contributed by atoms with Crippen molar-refractivity contribution in [2.24, 2.45) is 0 Å². The fraction of sp³-hybridized carbons (Fsp3) is 0.0714. The minimum atomic E-state index is -0.447. The number of hydrogen-bond donors (Lipinski definition) is 1. The summed E-state index contributed by atoms with van der Waals surface area (Å²) in [5.74, 6) is -0.744. The first kappa shape index (κ1) is 13.4. The van der Waals surface area contributed by atoms with Crippen LogP contribution in [0.25, 0.3) is 0 Å². The Balaban J connectivity index is 2.34. The maximum absolute atomic E-state index is 12.8. The summed E-state index contributed by atoms with van der Waals surface area (Å²) >= 11 is 1.35. The number of rotatable bonds is 3. The average Bonchev–Trinajstić information content (AvgIpc) is 2.42. The van der Waals surface area contributed by atoms with E-state index in [0.29, 0.717) is 16.1 Å². The number of carbonyl (C=O) groups excluding carboxylic acids is 1. The molecule has 0 saturated carbocycles. The lowest BCUT2D eigenvalue weighted by Crippen LogP contribution is -2.04. The summed E-state index contributed by atoms with van der Waals surface area (Å²) in [6, 6.07) is 11.1. The van der Waals surface area contributed by atoms with Crippen molar-refractivity contribution in [3.8, 4) is 0 Å². The normalized spacial score (nSPS) is 10.2. The van der Waals surface area contributed by atoms with E-state index in [-0.39, 0.29) is 5.82 Å². The van der Waals surface area contributed by atoms with Crippen LogP contribution in [-0.2, 0) is 4.74 Å². The molecule has 0 bridgehead atoms. The molecule has 0 aliphatic carbocycles. The molecule has 0 radical (unpaired) electrons. The van der Waals surface area contributed by atoms with Crippen LogP contribution < -0.4 is 5.73 Å². The van der Waals surface area contributed by atoms with Gasteiger partial charge in [-0.2, -0.15) is 0 Å². The first-order valence-corrected chi connectivity index (χ1v) is 6.33. The van der Waals surface area contributed by atoms with Gasteiger partial charge in [0.25, 0.3) is 0 Å². The first-order chi connectivity index (χ1) is 9.10. The lowest BCUT2D eigenvalue weighted by Gasteiger charge is -2.08. The lowest BCUT2D eigenvalue weighted by atomic mass is 10.2. The zero-order chi connectivity index (χ0) is 13.8. The topological polar surface area (TPSA) is 52.3 Å². The Hall–Kier alpha value is -2.01. The number of methoxy groups -OCH3 is 1. The van der Waals surface area contributed by atoms with E-state index in [2.05, 4.69) is 0 Å². The van der Waals surface area contributed by atoms with Crippen molar-refractivity contribution in [2.75, 3.05) is 12.8 Å². The molecule has 0 heterocycles. The van der Waals surface area contributed by atoms with Crippen molar-refractivity contribution < 1.29 is 13.9 Å². The number of halogens is 1. The highest BCUT2D eigenvalue weighted by Crippen LogP contribution is 2.32. The quantitative estimate of drug-likeness (QED) is 0.690. The molecule has 19 heavy (non-hydrogen) atoms. The van der Waals surface area contributed by atoms with Gasteiger partial charge in [-0.25, -0.2) is 9.18 Å². The third-order valence-corrected chi connectivity index (χ3v) is 3.53. The van der Waals surface area contributed by atoms with Gasteiger partial charge in [0, 0.05) is 15.5 Å². The zero-order valence-electron chi connectivity index (χ0n) is 10.2. The Morgan fingerprint density at radius 3 is 2.53 bits per heavy atom. The molecule has 0 fully saturated rings.